The molecular formula is C32H33FN4O4. The maximum absolute atomic E-state index is 15.7. The van der Waals surface area contributed by atoms with Crippen molar-refractivity contribution in [1.29, 1.82) is 0 Å². The summed E-state index contributed by atoms with van der Waals surface area (Å²) in [6, 6.07) is 13.4. The van der Waals surface area contributed by atoms with E-state index in [-0.39, 0.29) is 28.5 Å². The van der Waals surface area contributed by atoms with Crippen LogP contribution in [0.4, 0.5) is 10.1 Å². The molecule has 1 unspecified atom stereocenters. The van der Waals surface area contributed by atoms with Gasteiger partial charge in [0.05, 0.1) is 17.2 Å². The van der Waals surface area contributed by atoms with E-state index < -0.39 is 17.2 Å². The molecule has 9 heteroatoms. The van der Waals surface area contributed by atoms with Crippen molar-refractivity contribution in [3.63, 3.8) is 0 Å². The Morgan fingerprint density at radius 1 is 1.12 bits per heavy atom. The predicted molar refractivity (Wildman–Crippen MR) is 157 cm³/mol. The molecule has 0 aliphatic carbocycles. The monoisotopic (exact) mass is 556 g/mol. The molecule has 3 aliphatic heterocycles. The van der Waals surface area contributed by atoms with Crippen LogP contribution in [0.3, 0.4) is 0 Å². The number of aromatic nitrogens is 1. The largest absolute Gasteiger partial charge is 0.451 e. The van der Waals surface area contributed by atoms with E-state index in [2.05, 4.69) is 22.6 Å². The third-order valence-electron chi connectivity index (χ3n) is 8.70. The molecular weight excluding hydrogens is 523 g/mol. The number of amides is 1. The van der Waals surface area contributed by atoms with Crippen molar-refractivity contribution in [2.45, 2.75) is 44.2 Å². The molecule has 4 aromatic rings. The van der Waals surface area contributed by atoms with E-state index in [0.29, 0.717) is 42.7 Å². The van der Waals surface area contributed by atoms with Crippen LogP contribution in [-0.4, -0.2) is 60.8 Å². The average molecular weight is 557 g/mol. The van der Waals surface area contributed by atoms with Gasteiger partial charge >= 0.3 is 0 Å². The Labute approximate surface area is 237 Å². The van der Waals surface area contributed by atoms with Gasteiger partial charge in [0, 0.05) is 31.9 Å². The second-order valence-electron chi connectivity index (χ2n) is 11.3. The molecule has 2 saturated heterocycles. The molecule has 2 fully saturated rings. The smallest absolute Gasteiger partial charge is 0.256 e. The van der Waals surface area contributed by atoms with Crippen molar-refractivity contribution in [3.05, 3.63) is 70.3 Å². The molecule has 4 heterocycles. The fourth-order valence-electron chi connectivity index (χ4n) is 6.44. The average Bonchev–Trinajstić information content (AvgIpc) is 3.64. The van der Waals surface area contributed by atoms with Crippen molar-refractivity contribution < 1.29 is 18.7 Å². The third-order valence-corrected chi connectivity index (χ3v) is 8.70. The number of likely N-dealkylation sites (tertiary alicyclic amines) is 1. The molecule has 0 spiro atoms. The number of fused-ring (bicyclic) bond motifs is 3. The highest BCUT2D eigenvalue weighted by Gasteiger charge is 2.30. The molecule has 212 valence electrons. The van der Waals surface area contributed by atoms with Crippen LogP contribution < -0.4 is 20.8 Å². The van der Waals surface area contributed by atoms with Crippen LogP contribution in [0.15, 0.2) is 53.5 Å². The zero-order valence-electron chi connectivity index (χ0n) is 23.0. The zero-order valence-corrected chi connectivity index (χ0v) is 23.0. The van der Waals surface area contributed by atoms with Crippen molar-refractivity contribution in [2.24, 2.45) is 0 Å². The minimum atomic E-state index is -0.611. The highest BCUT2D eigenvalue weighted by atomic mass is 19.1. The van der Waals surface area contributed by atoms with Gasteiger partial charge in [0.2, 0.25) is 5.43 Å². The van der Waals surface area contributed by atoms with E-state index in [9.17, 15) is 9.59 Å². The topological polar surface area (TPSA) is 84.8 Å². The molecule has 2 atom stereocenters. The molecule has 3 aliphatic rings. The van der Waals surface area contributed by atoms with Crippen LogP contribution in [0, 0.1) is 5.82 Å². The summed E-state index contributed by atoms with van der Waals surface area (Å²) in [5.41, 5.74) is 0.740. The summed E-state index contributed by atoms with van der Waals surface area (Å²) >= 11 is 0. The lowest BCUT2D eigenvalue weighted by molar-refractivity contribution is 0.0948. The molecule has 2 N–H and O–H groups in total. The molecule has 0 saturated carbocycles. The third kappa shape index (κ3) is 4.63. The van der Waals surface area contributed by atoms with E-state index in [1.54, 1.807) is 10.8 Å². The number of carbonyl (C=O) groups excluding carboxylic acids is 1. The summed E-state index contributed by atoms with van der Waals surface area (Å²) in [7, 11) is 2.10. The molecule has 41 heavy (non-hydrogen) atoms. The van der Waals surface area contributed by atoms with Gasteiger partial charge in [-0.05, 0) is 74.7 Å². The first-order chi connectivity index (χ1) is 20.0. The minimum Gasteiger partial charge on any atom is -0.451 e. The van der Waals surface area contributed by atoms with Crippen LogP contribution in [0.25, 0.3) is 27.4 Å². The molecule has 7 rings (SSSR count). The Morgan fingerprint density at radius 2 is 1.95 bits per heavy atom. The highest BCUT2D eigenvalue weighted by molar-refractivity contribution is 6.02. The van der Waals surface area contributed by atoms with E-state index in [1.807, 2.05) is 36.4 Å². The SMILES string of the molecule is CN1CCCC1CCNC(=O)c1cn2c3c(c(NC[C@@H]4CCCO4)c(F)cc3c1=O)Oc1cc3ccccc3cc1-2. The normalized spacial score (nSPS) is 19.9. The number of halogens is 1. The van der Waals surface area contributed by atoms with Crippen molar-refractivity contribution in [2.75, 3.05) is 38.6 Å². The van der Waals surface area contributed by atoms with Crippen LogP contribution in [0.2, 0.25) is 0 Å². The minimum absolute atomic E-state index is 0.0191. The Hall–Kier alpha value is -3.95. The number of pyridine rings is 1. The van der Waals surface area contributed by atoms with E-state index in [1.165, 1.54) is 6.07 Å². The van der Waals surface area contributed by atoms with Gasteiger partial charge in [-0.15, -0.1) is 0 Å². The lowest BCUT2D eigenvalue weighted by atomic mass is 10.0. The zero-order chi connectivity index (χ0) is 28.1. The molecule has 1 amide bonds. The molecule has 0 bridgehead atoms. The predicted octanol–water partition coefficient (Wildman–Crippen LogP) is 5.19. The number of ether oxygens (including phenoxy) is 2. The number of hydrogen-bond donors (Lipinski definition) is 2. The van der Waals surface area contributed by atoms with E-state index >= 15 is 4.39 Å². The lowest BCUT2D eigenvalue weighted by Crippen LogP contribution is -2.34. The van der Waals surface area contributed by atoms with Gasteiger partial charge in [-0.1, -0.05) is 24.3 Å². The van der Waals surface area contributed by atoms with Crippen molar-refractivity contribution in [1.82, 2.24) is 14.8 Å². The first-order valence-corrected chi connectivity index (χ1v) is 14.4. The van der Waals surface area contributed by atoms with Crippen LogP contribution >= 0.6 is 0 Å². The molecule has 1 aromatic heterocycles. The first kappa shape index (κ1) is 26.0. The fraction of sp³-hybridized carbons (Fsp3) is 0.375. The van der Waals surface area contributed by atoms with Gasteiger partial charge in [-0.3, -0.25) is 9.59 Å². The van der Waals surface area contributed by atoms with Gasteiger partial charge in [-0.2, -0.15) is 0 Å². The molecule has 3 aromatic carbocycles. The number of nitrogens with zero attached hydrogens (tertiary/aromatic N) is 2. The Balaban J connectivity index is 1.33. The number of anilines is 1. The number of benzene rings is 3. The number of carbonyl (C=O) groups is 1. The number of nitrogens with one attached hydrogen (secondary N) is 2. The standard InChI is InChI=1S/C32H33FN4O4/c1-36-12-4-8-21(36)10-11-34-32(39)24-18-37-26-14-19-6-2-3-7-20(19)15-27(26)41-31-28(35-17-22-9-5-13-40-22)25(33)16-23(29(31)37)30(24)38/h2-3,6-7,14-16,18,21-22,35H,4-5,8-13,17H2,1H3,(H,34,39)/t21?,22-/m0/s1. The highest BCUT2D eigenvalue weighted by Crippen LogP contribution is 2.46. The Kier molecular flexibility index (Phi) is 6.63. The maximum atomic E-state index is 15.7. The summed E-state index contributed by atoms with van der Waals surface area (Å²) in [6.07, 6.45) is 6.48. The maximum Gasteiger partial charge on any atom is 0.256 e. The summed E-state index contributed by atoms with van der Waals surface area (Å²) in [5.74, 6) is -0.325. The van der Waals surface area contributed by atoms with Crippen molar-refractivity contribution >= 4 is 33.3 Å². The van der Waals surface area contributed by atoms with Gasteiger partial charge < -0.3 is 29.6 Å². The number of hydrogen-bond acceptors (Lipinski definition) is 6. The Bertz CT molecular complexity index is 1730. The quantitative estimate of drug-likeness (QED) is 0.287. The van der Waals surface area contributed by atoms with Gasteiger partial charge in [0.1, 0.15) is 16.8 Å². The van der Waals surface area contributed by atoms with Crippen molar-refractivity contribution in [3.8, 4) is 17.2 Å². The van der Waals surface area contributed by atoms with Crippen LogP contribution in [0.5, 0.6) is 11.5 Å². The molecule has 8 nitrogen and oxygen atoms in total. The van der Waals surface area contributed by atoms with Gasteiger partial charge in [-0.25, -0.2) is 4.39 Å². The van der Waals surface area contributed by atoms with E-state index in [0.717, 1.165) is 49.4 Å². The van der Waals surface area contributed by atoms with Gasteiger partial charge in [0.25, 0.3) is 5.91 Å². The fourth-order valence-corrected chi connectivity index (χ4v) is 6.44. The van der Waals surface area contributed by atoms with Crippen LogP contribution in [0.1, 0.15) is 42.5 Å². The summed E-state index contributed by atoms with van der Waals surface area (Å²) < 4.78 is 29.6. The second-order valence-corrected chi connectivity index (χ2v) is 11.3. The first-order valence-electron chi connectivity index (χ1n) is 14.4. The van der Waals surface area contributed by atoms with Gasteiger partial charge in [0.15, 0.2) is 17.3 Å². The summed E-state index contributed by atoms with van der Waals surface area (Å²) in [4.78, 5) is 29.4. The second kappa shape index (κ2) is 10.5. The summed E-state index contributed by atoms with van der Waals surface area (Å²) in [5, 5.41) is 8.17. The van der Waals surface area contributed by atoms with Crippen LogP contribution in [-0.2, 0) is 4.74 Å². The summed E-state index contributed by atoms with van der Waals surface area (Å²) in [6.45, 7) is 2.63. The lowest BCUT2D eigenvalue weighted by Gasteiger charge is -2.27. The Morgan fingerprint density at radius 3 is 2.71 bits per heavy atom. The van der Waals surface area contributed by atoms with E-state index in [4.69, 9.17) is 9.47 Å². The molecule has 0 radical (unpaired) electrons. The number of rotatable bonds is 7.